The molecule has 1 aliphatic heterocycles. The van der Waals surface area contributed by atoms with E-state index in [1.165, 1.54) is 6.08 Å². The van der Waals surface area contributed by atoms with Gasteiger partial charge in [0.15, 0.2) is 0 Å². The van der Waals surface area contributed by atoms with Gasteiger partial charge in [-0.05, 0) is 23.8 Å². The van der Waals surface area contributed by atoms with Crippen molar-refractivity contribution in [2.24, 2.45) is 0 Å². The van der Waals surface area contributed by atoms with Gasteiger partial charge in [-0.3, -0.25) is 4.79 Å². The maximum atomic E-state index is 12.0. The Kier molecular flexibility index (Phi) is 5.58. The minimum absolute atomic E-state index is 0.237. The summed E-state index contributed by atoms with van der Waals surface area (Å²) in [4.78, 5) is 22.6. The lowest BCUT2D eigenvalue weighted by molar-refractivity contribution is -0.111. The van der Waals surface area contributed by atoms with E-state index >= 15 is 0 Å². The Morgan fingerprint density at radius 3 is 2.52 bits per heavy atom. The standard InChI is InChI=1S/C18H20N4O3/c1-24-16-5-2-14(3-6-16)4-7-17(23)21-15-12-19-18(20-13-15)22-8-10-25-11-9-22/h2-7,12-13H,8-11H2,1H3,(H,21,23)/b7-4+. The van der Waals surface area contributed by atoms with Gasteiger partial charge in [0, 0.05) is 19.2 Å². The molecule has 2 aromatic rings. The Morgan fingerprint density at radius 2 is 1.88 bits per heavy atom. The summed E-state index contributed by atoms with van der Waals surface area (Å²) in [5.41, 5.74) is 1.47. The van der Waals surface area contributed by atoms with Crippen molar-refractivity contribution in [2.75, 3.05) is 43.6 Å². The Labute approximate surface area is 146 Å². The third-order valence-electron chi connectivity index (χ3n) is 3.74. The molecule has 3 rings (SSSR count). The third-order valence-corrected chi connectivity index (χ3v) is 3.74. The Balaban J connectivity index is 1.55. The number of carbonyl (C=O) groups is 1. The van der Waals surface area contributed by atoms with Gasteiger partial charge in [-0.15, -0.1) is 0 Å². The van der Waals surface area contributed by atoms with E-state index in [1.807, 2.05) is 24.3 Å². The fraction of sp³-hybridized carbons (Fsp3) is 0.278. The van der Waals surface area contributed by atoms with E-state index in [1.54, 1.807) is 25.6 Å². The molecule has 0 spiro atoms. The molecule has 130 valence electrons. The van der Waals surface area contributed by atoms with E-state index in [9.17, 15) is 4.79 Å². The normalized spacial score (nSPS) is 14.5. The molecule has 7 heteroatoms. The maximum Gasteiger partial charge on any atom is 0.248 e. The van der Waals surface area contributed by atoms with Crippen LogP contribution in [-0.2, 0) is 9.53 Å². The number of carbonyl (C=O) groups excluding carboxylic acids is 1. The van der Waals surface area contributed by atoms with Crippen LogP contribution in [0.25, 0.3) is 6.08 Å². The van der Waals surface area contributed by atoms with Gasteiger partial charge in [0.25, 0.3) is 0 Å². The fourth-order valence-electron chi connectivity index (χ4n) is 2.38. The second-order valence-corrected chi connectivity index (χ2v) is 5.47. The summed E-state index contributed by atoms with van der Waals surface area (Å²) >= 11 is 0. The molecule has 2 heterocycles. The number of rotatable bonds is 5. The first-order valence-electron chi connectivity index (χ1n) is 8.02. The molecule has 0 saturated carbocycles. The second kappa shape index (κ2) is 8.25. The molecular weight excluding hydrogens is 320 g/mol. The van der Waals surface area contributed by atoms with Crippen molar-refractivity contribution in [1.29, 1.82) is 0 Å². The zero-order chi connectivity index (χ0) is 17.5. The van der Waals surface area contributed by atoms with E-state index < -0.39 is 0 Å². The van der Waals surface area contributed by atoms with Crippen LogP contribution in [0.1, 0.15) is 5.56 Å². The lowest BCUT2D eigenvalue weighted by Crippen LogP contribution is -2.37. The van der Waals surface area contributed by atoms with Crippen LogP contribution >= 0.6 is 0 Å². The molecule has 1 fully saturated rings. The highest BCUT2D eigenvalue weighted by Gasteiger charge is 2.13. The Hall–Kier alpha value is -2.93. The number of hydrogen-bond acceptors (Lipinski definition) is 6. The van der Waals surface area contributed by atoms with Crippen LogP contribution in [0.15, 0.2) is 42.7 Å². The van der Waals surface area contributed by atoms with Crippen molar-refractivity contribution in [3.8, 4) is 5.75 Å². The number of anilines is 2. The van der Waals surface area contributed by atoms with Gasteiger partial charge in [-0.2, -0.15) is 0 Å². The molecule has 0 atom stereocenters. The highest BCUT2D eigenvalue weighted by atomic mass is 16.5. The minimum atomic E-state index is -0.237. The largest absolute Gasteiger partial charge is 0.497 e. The zero-order valence-electron chi connectivity index (χ0n) is 14.0. The van der Waals surface area contributed by atoms with Crippen molar-refractivity contribution in [1.82, 2.24) is 9.97 Å². The van der Waals surface area contributed by atoms with Gasteiger partial charge >= 0.3 is 0 Å². The molecule has 1 N–H and O–H groups in total. The van der Waals surface area contributed by atoms with Crippen molar-refractivity contribution in [2.45, 2.75) is 0 Å². The van der Waals surface area contributed by atoms with Crippen LogP contribution in [0.5, 0.6) is 5.75 Å². The van der Waals surface area contributed by atoms with Gasteiger partial charge in [0.2, 0.25) is 11.9 Å². The summed E-state index contributed by atoms with van der Waals surface area (Å²) in [5.74, 6) is 1.19. The molecule has 1 aliphatic rings. The molecule has 0 unspecified atom stereocenters. The highest BCUT2D eigenvalue weighted by Crippen LogP contribution is 2.13. The predicted octanol–water partition coefficient (Wildman–Crippen LogP) is 1.97. The van der Waals surface area contributed by atoms with E-state index in [2.05, 4.69) is 20.2 Å². The molecular formula is C18H20N4O3. The molecule has 0 bridgehead atoms. The number of methoxy groups -OCH3 is 1. The highest BCUT2D eigenvalue weighted by molar-refractivity contribution is 6.01. The monoisotopic (exact) mass is 340 g/mol. The van der Waals surface area contributed by atoms with Crippen molar-refractivity contribution >= 4 is 23.6 Å². The number of morpholine rings is 1. The molecule has 0 radical (unpaired) electrons. The lowest BCUT2D eigenvalue weighted by atomic mass is 10.2. The van der Waals surface area contributed by atoms with E-state index in [-0.39, 0.29) is 5.91 Å². The Morgan fingerprint density at radius 1 is 1.20 bits per heavy atom. The van der Waals surface area contributed by atoms with Crippen LogP contribution < -0.4 is 15.0 Å². The molecule has 7 nitrogen and oxygen atoms in total. The number of nitrogens with one attached hydrogen (secondary N) is 1. The summed E-state index contributed by atoms with van der Waals surface area (Å²) in [6.07, 6.45) is 6.42. The minimum Gasteiger partial charge on any atom is -0.497 e. The first-order valence-corrected chi connectivity index (χ1v) is 8.02. The third kappa shape index (κ3) is 4.77. The molecule has 25 heavy (non-hydrogen) atoms. The number of benzene rings is 1. The average Bonchev–Trinajstić information content (AvgIpc) is 2.68. The van der Waals surface area contributed by atoms with Gasteiger partial charge in [-0.25, -0.2) is 9.97 Å². The summed E-state index contributed by atoms with van der Waals surface area (Å²) in [6, 6.07) is 7.44. The smallest absolute Gasteiger partial charge is 0.248 e. The summed E-state index contributed by atoms with van der Waals surface area (Å²) in [7, 11) is 1.62. The molecule has 1 aromatic carbocycles. The van der Waals surface area contributed by atoms with Crippen LogP contribution in [0.2, 0.25) is 0 Å². The Bertz CT molecular complexity index is 723. The predicted molar refractivity (Wildman–Crippen MR) is 95.7 cm³/mol. The maximum absolute atomic E-state index is 12.0. The number of hydrogen-bond donors (Lipinski definition) is 1. The first-order chi connectivity index (χ1) is 12.2. The van der Waals surface area contributed by atoms with E-state index in [0.717, 1.165) is 24.4 Å². The molecule has 1 amide bonds. The van der Waals surface area contributed by atoms with Crippen LogP contribution in [0.3, 0.4) is 0 Å². The van der Waals surface area contributed by atoms with Crippen LogP contribution in [-0.4, -0.2) is 49.3 Å². The van der Waals surface area contributed by atoms with E-state index in [0.29, 0.717) is 24.8 Å². The number of ether oxygens (including phenoxy) is 2. The summed E-state index contributed by atoms with van der Waals surface area (Å²) in [6.45, 7) is 2.91. The zero-order valence-corrected chi connectivity index (χ0v) is 14.0. The van der Waals surface area contributed by atoms with Crippen LogP contribution in [0, 0.1) is 0 Å². The average molecular weight is 340 g/mol. The van der Waals surface area contributed by atoms with Gasteiger partial charge in [0.1, 0.15) is 5.75 Å². The van der Waals surface area contributed by atoms with Crippen molar-refractivity contribution < 1.29 is 14.3 Å². The quantitative estimate of drug-likeness (QED) is 0.839. The number of aromatic nitrogens is 2. The van der Waals surface area contributed by atoms with Crippen molar-refractivity contribution in [3.63, 3.8) is 0 Å². The fourth-order valence-corrected chi connectivity index (χ4v) is 2.38. The van der Waals surface area contributed by atoms with Crippen molar-refractivity contribution in [3.05, 3.63) is 48.3 Å². The van der Waals surface area contributed by atoms with Crippen LogP contribution in [0.4, 0.5) is 11.6 Å². The first kappa shape index (κ1) is 16.9. The number of nitrogens with zero attached hydrogens (tertiary/aromatic N) is 3. The molecule has 1 aromatic heterocycles. The lowest BCUT2D eigenvalue weighted by Gasteiger charge is -2.26. The molecule has 1 saturated heterocycles. The van der Waals surface area contributed by atoms with Gasteiger partial charge < -0.3 is 19.7 Å². The number of amides is 1. The summed E-state index contributed by atoms with van der Waals surface area (Å²) in [5, 5.41) is 2.75. The second-order valence-electron chi connectivity index (χ2n) is 5.47. The summed E-state index contributed by atoms with van der Waals surface area (Å²) < 4.78 is 10.4. The van der Waals surface area contributed by atoms with Gasteiger partial charge in [0.05, 0.1) is 38.4 Å². The topological polar surface area (TPSA) is 76.6 Å². The SMILES string of the molecule is COc1ccc(/C=C/C(=O)Nc2cnc(N3CCOCC3)nc2)cc1. The molecule has 0 aliphatic carbocycles. The van der Waals surface area contributed by atoms with E-state index in [4.69, 9.17) is 9.47 Å². The van der Waals surface area contributed by atoms with Gasteiger partial charge in [-0.1, -0.05) is 12.1 Å².